The van der Waals surface area contributed by atoms with Crippen LogP contribution in [0.3, 0.4) is 0 Å². The fraction of sp³-hybridized carbons (Fsp3) is 0.250. The van der Waals surface area contributed by atoms with Crippen molar-refractivity contribution in [3.05, 3.63) is 35.1 Å². The van der Waals surface area contributed by atoms with Crippen LogP contribution in [-0.4, -0.2) is 5.01 Å². The molecule has 1 aliphatic rings. The molecular formula is C8H10ClFN2. The number of rotatable bonds is 0. The maximum Gasteiger partial charge on any atom is 0.128 e. The molecule has 0 bridgehead atoms. The van der Waals surface area contributed by atoms with Crippen LogP contribution in [0.5, 0.6) is 0 Å². The third kappa shape index (κ3) is 1.43. The van der Waals surface area contributed by atoms with Gasteiger partial charge in [-0.15, -0.1) is 12.4 Å². The second-order valence-corrected chi connectivity index (χ2v) is 2.78. The molecule has 0 unspecified atom stereocenters. The van der Waals surface area contributed by atoms with Gasteiger partial charge in [0.15, 0.2) is 0 Å². The molecule has 1 heterocycles. The number of hydrogen-bond acceptors (Lipinski definition) is 2. The van der Waals surface area contributed by atoms with Crippen molar-refractivity contribution in [1.82, 2.24) is 5.01 Å². The van der Waals surface area contributed by atoms with E-state index in [1.165, 1.54) is 6.07 Å². The van der Waals surface area contributed by atoms with E-state index in [1.807, 2.05) is 6.07 Å². The molecule has 0 amide bonds. The molecule has 0 aromatic heterocycles. The van der Waals surface area contributed by atoms with E-state index in [4.69, 9.17) is 5.84 Å². The van der Waals surface area contributed by atoms with Crippen molar-refractivity contribution in [2.45, 2.75) is 13.1 Å². The Morgan fingerprint density at radius 3 is 2.75 bits per heavy atom. The van der Waals surface area contributed by atoms with Gasteiger partial charge in [0, 0.05) is 18.7 Å². The van der Waals surface area contributed by atoms with Gasteiger partial charge in [-0.25, -0.2) is 9.40 Å². The van der Waals surface area contributed by atoms with E-state index in [-0.39, 0.29) is 18.2 Å². The smallest absolute Gasteiger partial charge is 0.128 e. The highest BCUT2D eigenvalue weighted by Gasteiger charge is 2.18. The zero-order valence-corrected chi connectivity index (χ0v) is 7.27. The summed E-state index contributed by atoms with van der Waals surface area (Å²) in [7, 11) is 0. The lowest BCUT2D eigenvalue weighted by Crippen LogP contribution is -2.23. The zero-order valence-electron chi connectivity index (χ0n) is 6.46. The van der Waals surface area contributed by atoms with Crippen LogP contribution in [-0.2, 0) is 13.1 Å². The third-order valence-electron chi connectivity index (χ3n) is 1.95. The molecule has 66 valence electrons. The number of nitrogens with two attached hydrogens (primary N) is 1. The van der Waals surface area contributed by atoms with Crippen molar-refractivity contribution >= 4 is 12.4 Å². The van der Waals surface area contributed by atoms with Gasteiger partial charge in [0.1, 0.15) is 5.82 Å². The minimum atomic E-state index is -0.143. The monoisotopic (exact) mass is 188 g/mol. The van der Waals surface area contributed by atoms with E-state index in [0.29, 0.717) is 13.1 Å². The van der Waals surface area contributed by atoms with Crippen LogP contribution in [0.25, 0.3) is 0 Å². The molecule has 0 saturated carbocycles. The average molecular weight is 189 g/mol. The summed E-state index contributed by atoms with van der Waals surface area (Å²) < 4.78 is 13.0. The maximum atomic E-state index is 13.0. The Labute approximate surface area is 76.5 Å². The number of benzene rings is 1. The van der Waals surface area contributed by atoms with E-state index in [2.05, 4.69) is 0 Å². The lowest BCUT2D eigenvalue weighted by Gasteiger charge is -2.02. The van der Waals surface area contributed by atoms with Crippen molar-refractivity contribution in [2.24, 2.45) is 5.84 Å². The molecule has 1 aliphatic heterocycles. The molecule has 4 heteroatoms. The van der Waals surface area contributed by atoms with E-state index < -0.39 is 0 Å². The lowest BCUT2D eigenvalue weighted by molar-refractivity contribution is 0.293. The highest BCUT2D eigenvalue weighted by molar-refractivity contribution is 5.85. The SMILES string of the molecule is Cl.NN1Cc2cccc(F)c2C1. The van der Waals surface area contributed by atoms with Gasteiger partial charge in [-0.05, 0) is 11.6 Å². The summed E-state index contributed by atoms with van der Waals surface area (Å²) in [4.78, 5) is 0. The first-order valence-corrected chi connectivity index (χ1v) is 3.53. The van der Waals surface area contributed by atoms with Gasteiger partial charge in [-0.2, -0.15) is 0 Å². The minimum Gasteiger partial charge on any atom is -0.268 e. The van der Waals surface area contributed by atoms with Crippen LogP contribution >= 0.6 is 12.4 Å². The van der Waals surface area contributed by atoms with Gasteiger partial charge in [0.05, 0.1) is 0 Å². The quantitative estimate of drug-likeness (QED) is 0.625. The van der Waals surface area contributed by atoms with Crippen LogP contribution in [0.4, 0.5) is 4.39 Å². The standard InChI is InChI=1S/C8H9FN2.ClH/c9-8-3-1-2-6-4-11(10)5-7(6)8;/h1-3H,4-5,10H2;1H. The van der Waals surface area contributed by atoms with E-state index in [1.54, 1.807) is 11.1 Å². The Hall–Kier alpha value is -0.640. The van der Waals surface area contributed by atoms with Gasteiger partial charge in [-0.3, -0.25) is 5.84 Å². The predicted molar refractivity (Wildman–Crippen MR) is 47.1 cm³/mol. The number of nitrogens with zero attached hydrogens (tertiary/aromatic N) is 1. The summed E-state index contributed by atoms with van der Waals surface area (Å²) in [6, 6.07) is 5.09. The zero-order chi connectivity index (χ0) is 7.84. The van der Waals surface area contributed by atoms with Gasteiger partial charge >= 0.3 is 0 Å². The first-order chi connectivity index (χ1) is 5.27. The first kappa shape index (κ1) is 9.45. The van der Waals surface area contributed by atoms with Gasteiger partial charge in [-0.1, -0.05) is 12.1 Å². The van der Waals surface area contributed by atoms with Crippen molar-refractivity contribution in [1.29, 1.82) is 0 Å². The normalized spacial score (nSPS) is 15.5. The van der Waals surface area contributed by atoms with Crippen LogP contribution in [0, 0.1) is 5.82 Å². The largest absolute Gasteiger partial charge is 0.268 e. The number of hydrogen-bond donors (Lipinski definition) is 1. The van der Waals surface area contributed by atoms with Crippen LogP contribution < -0.4 is 5.84 Å². The Balaban J connectivity index is 0.000000720. The number of halogens is 2. The van der Waals surface area contributed by atoms with Gasteiger partial charge < -0.3 is 0 Å². The topological polar surface area (TPSA) is 29.3 Å². The molecule has 0 spiro atoms. The maximum absolute atomic E-state index is 13.0. The molecule has 2 rings (SSSR count). The second kappa shape index (κ2) is 3.39. The Morgan fingerprint density at radius 1 is 1.33 bits per heavy atom. The molecule has 0 radical (unpaired) electrons. The van der Waals surface area contributed by atoms with Crippen molar-refractivity contribution in [3.63, 3.8) is 0 Å². The van der Waals surface area contributed by atoms with Crippen molar-refractivity contribution in [2.75, 3.05) is 0 Å². The minimum absolute atomic E-state index is 0. The average Bonchev–Trinajstić information content (AvgIpc) is 2.31. The van der Waals surface area contributed by atoms with Crippen LogP contribution in [0.2, 0.25) is 0 Å². The molecule has 12 heavy (non-hydrogen) atoms. The Morgan fingerprint density at radius 2 is 2.08 bits per heavy atom. The Bertz CT molecular complexity index is 290. The second-order valence-electron chi connectivity index (χ2n) is 2.78. The molecule has 2 N–H and O–H groups in total. The third-order valence-corrected chi connectivity index (χ3v) is 1.95. The number of fused-ring (bicyclic) bond motifs is 1. The number of hydrazine groups is 1. The summed E-state index contributed by atoms with van der Waals surface area (Å²) in [5, 5.41) is 1.60. The molecule has 0 atom stereocenters. The summed E-state index contributed by atoms with van der Waals surface area (Å²) in [6.07, 6.45) is 0. The van der Waals surface area contributed by atoms with E-state index in [0.717, 1.165) is 11.1 Å². The fourth-order valence-electron chi connectivity index (χ4n) is 1.41. The van der Waals surface area contributed by atoms with Crippen LogP contribution in [0.15, 0.2) is 18.2 Å². The summed E-state index contributed by atoms with van der Waals surface area (Å²) in [5.74, 6) is 5.38. The molecule has 0 fully saturated rings. The molecule has 0 saturated heterocycles. The molecule has 2 nitrogen and oxygen atoms in total. The van der Waals surface area contributed by atoms with Crippen molar-refractivity contribution < 1.29 is 4.39 Å². The predicted octanol–water partition coefficient (Wildman–Crippen LogP) is 1.44. The van der Waals surface area contributed by atoms with Gasteiger partial charge in [0.25, 0.3) is 0 Å². The first-order valence-electron chi connectivity index (χ1n) is 3.53. The van der Waals surface area contributed by atoms with E-state index in [9.17, 15) is 4.39 Å². The summed E-state index contributed by atoms with van der Waals surface area (Å²) in [6.45, 7) is 1.19. The lowest BCUT2D eigenvalue weighted by atomic mass is 10.1. The van der Waals surface area contributed by atoms with Crippen LogP contribution in [0.1, 0.15) is 11.1 Å². The molecule has 1 aromatic rings. The fourth-order valence-corrected chi connectivity index (χ4v) is 1.41. The van der Waals surface area contributed by atoms with E-state index >= 15 is 0 Å². The highest BCUT2D eigenvalue weighted by Crippen LogP contribution is 2.22. The summed E-state index contributed by atoms with van der Waals surface area (Å²) in [5.41, 5.74) is 1.75. The highest BCUT2D eigenvalue weighted by atomic mass is 35.5. The molecule has 0 aliphatic carbocycles. The Kier molecular flexibility index (Phi) is 2.67. The molecular weight excluding hydrogens is 179 g/mol. The van der Waals surface area contributed by atoms with Crippen molar-refractivity contribution in [3.8, 4) is 0 Å². The summed E-state index contributed by atoms with van der Waals surface area (Å²) >= 11 is 0. The van der Waals surface area contributed by atoms with Gasteiger partial charge in [0.2, 0.25) is 0 Å². The molecule has 1 aromatic carbocycles.